The number of nitrogens with zero attached hydrogens (tertiary/aromatic N) is 3. The summed E-state index contributed by atoms with van der Waals surface area (Å²) in [5.41, 5.74) is 2.05. The van der Waals surface area contributed by atoms with E-state index in [0.29, 0.717) is 16.2 Å². The van der Waals surface area contributed by atoms with Crippen LogP contribution >= 0.6 is 11.8 Å². The molecule has 1 atom stereocenters. The first kappa shape index (κ1) is 19.8. The van der Waals surface area contributed by atoms with Crippen LogP contribution in [-0.2, 0) is 11.3 Å². The Morgan fingerprint density at radius 2 is 2.04 bits per heavy atom. The molecular weight excluding hydrogens is 348 g/mol. The average molecular weight is 370 g/mol. The smallest absolute Gasteiger partial charge is 0.243 e. The third kappa shape index (κ3) is 3.27. The van der Waals surface area contributed by atoms with Crippen molar-refractivity contribution in [1.29, 1.82) is 10.5 Å². The van der Waals surface area contributed by atoms with Gasteiger partial charge in [0.2, 0.25) is 5.91 Å². The molecule has 136 valence electrons. The zero-order chi connectivity index (χ0) is 19.6. The number of amides is 1. The van der Waals surface area contributed by atoms with Crippen molar-refractivity contribution in [3.8, 4) is 12.1 Å². The van der Waals surface area contributed by atoms with Gasteiger partial charge in [-0.2, -0.15) is 10.5 Å². The molecule has 0 spiro atoms. The monoisotopic (exact) mass is 370 g/mol. The molecule has 0 fully saturated rings. The molecule has 1 aromatic rings. The number of aromatic nitrogens is 1. The van der Waals surface area contributed by atoms with Gasteiger partial charge in [0, 0.05) is 28.9 Å². The van der Waals surface area contributed by atoms with Crippen molar-refractivity contribution >= 4 is 23.5 Å². The van der Waals surface area contributed by atoms with Crippen LogP contribution in [0.3, 0.4) is 0 Å². The second-order valence-electron chi connectivity index (χ2n) is 6.83. The topological polar surface area (TPSA) is 98.7 Å². The predicted molar refractivity (Wildman–Crippen MR) is 100 cm³/mol. The molecule has 7 heteroatoms. The normalized spacial score (nSPS) is 18.9. The van der Waals surface area contributed by atoms with Gasteiger partial charge in [0.1, 0.15) is 5.92 Å². The van der Waals surface area contributed by atoms with Gasteiger partial charge >= 0.3 is 0 Å². The Bertz CT molecular complexity index is 881. The van der Waals surface area contributed by atoms with E-state index in [1.54, 1.807) is 13.8 Å². The predicted octanol–water partition coefficient (Wildman–Crippen LogP) is 3.07. The third-order valence-electron chi connectivity index (χ3n) is 4.87. The molecule has 26 heavy (non-hydrogen) atoms. The fourth-order valence-corrected chi connectivity index (χ4v) is 4.38. The minimum Gasteiger partial charge on any atom is -0.349 e. The highest BCUT2D eigenvalue weighted by molar-refractivity contribution is 8.03. The summed E-state index contributed by atoms with van der Waals surface area (Å²) < 4.78 is 2.07. The van der Waals surface area contributed by atoms with Crippen LogP contribution < -0.4 is 5.32 Å². The number of rotatable bonds is 5. The van der Waals surface area contributed by atoms with E-state index in [0.717, 1.165) is 29.7 Å². The van der Waals surface area contributed by atoms with Crippen LogP contribution in [0.25, 0.3) is 0 Å². The minimum absolute atomic E-state index is 0.0537. The maximum absolute atomic E-state index is 12.6. The number of ketones is 1. The Balaban J connectivity index is 2.27. The standard InChI is InChI=1S/C19H22N4O2S/c1-6-23-11(2)7-13(12(23)3)16(24)10-26-18-15(9-21)19(4,5)14(8-20)17(25)22-18/h7,14H,6,10H2,1-5H3,(H,22,25)/t14-/m1/s1. The number of allylic oxidation sites excluding steroid dienone is 1. The maximum Gasteiger partial charge on any atom is 0.243 e. The average Bonchev–Trinajstić information content (AvgIpc) is 2.86. The van der Waals surface area contributed by atoms with E-state index >= 15 is 0 Å². The quantitative estimate of drug-likeness (QED) is 0.803. The summed E-state index contributed by atoms with van der Waals surface area (Å²) in [5.74, 6) is -1.31. The zero-order valence-corrected chi connectivity index (χ0v) is 16.5. The van der Waals surface area contributed by atoms with E-state index < -0.39 is 17.2 Å². The molecule has 1 amide bonds. The first-order valence-electron chi connectivity index (χ1n) is 8.37. The molecular formula is C19H22N4O2S. The molecule has 2 rings (SSSR count). The second-order valence-corrected chi connectivity index (χ2v) is 7.82. The molecule has 1 aliphatic rings. The Labute approximate surface area is 157 Å². The van der Waals surface area contributed by atoms with Gasteiger partial charge in [-0.25, -0.2) is 0 Å². The number of carbonyl (C=O) groups excluding carboxylic acids is 2. The third-order valence-corrected chi connectivity index (χ3v) is 5.87. The molecule has 1 N–H and O–H groups in total. The molecule has 0 radical (unpaired) electrons. The fraction of sp³-hybridized carbons (Fsp3) is 0.474. The number of Topliss-reactive ketones (excluding diaryl/α,β-unsaturated/α-hetero) is 1. The van der Waals surface area contributed by atoms with E-state index in [4.69, 9.17) is 0 Å². The van der Waals surface area contributed by atoms with Crippen LogP contribution in [0.5, 0.6) is 0 Å². The fourth-order valence-electron chi connectivity index (χ4n) is 3.32. The lowest BCUT2D eigenvalue weighted by molar-refractivity contribution is -0.125. The van der Waals surface area contributed by atoms with Crippen molar-refractivity contribution in [2.45, 2.75) is 41.2 Å². The highest BCUT2D eigenvalue weighted by Gasteiger charge is 2.44. The Morgan fingerprint density at radius 3 is 2.54 bits per heavy atom. The first-order chi connectivity index (χ1) is 12.2. The minimum atomic E-state index is -0.930. The lowest BCUT2D eigenvalue weighted by Gasteiger charge is -2.34. The Morgan fingerprint density at radius 1 is 1.38 bits per heavy atom. The Hall–Kier alpha value is -2.51. The highest BCUT2D eigenvalue weighted by atomic mass is 32.2. The lowest BCUT2D eigenvalue weighted by Crippen LogP contribution is -2.44. The second kappa shape index (κ2) is 7.39. The van der Waals surface area contributed by atoms with Crippen LogP contribution in [0.1, 0.15) is 42.5 Å². The van der Waals surface area contributed by atoms with Crippen LogP contribution in [0.2, 0.25) is 0 Å². The molecule has 0 bridgehead atoms. The number of hydrogen-bond donors (Lipinski definition) is 1. The SMILES string of the molecule is CCn1c(C)cc(C(=O)CSC2=C(C#N)C(C)(C)[C@H](C#N)C(=O)N2)c1C. The van der Waals surface area contributed by atoms with Gasteiger partial charge in [0.25, 0.3) is 0 Å². The van der Waals surface area contributed by atoms with Gasteiger partial charge in [0.05, 0.1) is 28.5 Å². The van der Waals surface area contributed by atoms with Gasteiger partial charge in [-0.3, -0.25) is 9.59 Å². The van der Waals surface area contributed by atoms with E-state index in [1.807, 2.05) is 32.9 Å². The van der Waals surface area contributed by atoms with Gasteiger partial charge in [-0.1, -0.05) is 25.6 Å². The molecule has 1 aromatic heterocycles. The van der Waals surface area contributed by atoms with E-state index in [1.165, 1.54) is 0 Å². The molecule has 0 saturated carbocycles. The van der Waals surface area contributed by atoms with Crippen molar-refractivity contribution < 1.29 is 9.59 Å². The number of carbonyl (C=O) groups is 2. The van der Waals surface area contributed by atoms with Crippen molar-refractivity contribution in [2.75, 3.05) is 5.75 Å². The van der Waals surface area contributed by atoms with Crippen LogP contribution in [0.4, 0.5) is 0 Å². The van der Waals surface area contributed by atoms with Crippen molar-refractivity contribution in [1.82, 2.24) is 9.88 Å². The Kier molecular flexibility index (Phi) is 5.63. The van der Waals surface area contributed by atoms with Gasteiger partial charge < -0.3 is 9.88 Å². The number of nitrogens with one attached hydrogen (secondary N) is 1. The summed E-state index contributed by atoms with van der Waals surface area (Å²) >= 11 is 1.14. The van der Waals surface area contributed by atoms with Crippen LogP contribution in [0.15, 0.2) is 16.7 Å². The van der Waals surface area contributed by atoms with Crippen LogP contribution in [0, 0.1) is 47.8 Å². The molecule has 1 aliphatic heterocycles. The highest BCUT2D eigenvalue weighted by Crippen LogP contribution is 2.41. The summed E-state index contributed by atoms with van der Waals surface area (Å²) in [7, 11) is 0. The number of thioether (sulfide) groups is 1. The number of nitriles is 2. The largest absolute Gasteiger partial charge is 0.349 e. The maximum atomic E-state index is 12.6. The molecule has 0 unspecified atom stereocenters. The molecule has 0 aromatic carbocycles. The summed E-state index contributed by atoms with van der Waals surface area (Å²) in [5, 5.41) is 21.8. The van der Waals surface area contributed by atoms with Gasteiger partial charge in [0.15, 0.2) is 5.78 Å². The van der Waals surface area contributed by atoms with Crippen molar-refractivity contribution in [3.63, 3.8) is 0 Å². The first-order valence-corrected chi connectivity index (χ1v) is 9.35. The molecule has 0 aliphatic carbocycles. The zero-order valence-electron chi connectivity index (χ0n) is 15.6. The lowest BCUT2D eigenvalue weighted by atomic mass is 9.72. The summed E-state index contributed by atoms with van der Waals surface area (Å²) in [4.78, 5) is 24.8. The molecule has 0 saturated heterocycles. The summed E-state index contributed by atoms with van der Waals surface area (Å²) in [6.07, 6.45) is 0. The molecule has 2 heterocycles. The van der Waals surface area contributed by atoms with Crippen LogP contribution in [-0.4, -0.2) is 22.0 Å². The molecule has 6 nitrogen and oxygen atoms in total. The van der Waals surface area contributed by atoms with E-state index in [9.17, 15) is 20.1 Å². The van der Waals surface area contributed by atoms with Gasteiger partial charge in [-0.15, -0.1) is 0 Å². The van der Waals surface area contributed by atoms with Crippen molar-refractivity contribution in [3.05, 3.63) is 33.6 Å². The van der Waals surface area contributed by atoms with Gasteiger partial charge in [-0.05, 0) is 26.8 Å². The number of hydrogen-bond acceptors (Lipinski definition) is 5. The number of aryl methyl sites for hydroxylation is 1. The van der Waals surface area contributed by atoms with E-state index in [2.05, 4.69) is 16.0 Å². The summed E-state index contributed by atoms with van der Waals surface area (Å²) in [6, 6.07) is 5.94. The van der Waals surface area contributed by atoms with E-state index in [-0.39, 0.29) is 11.5 Å². The van der Waals surface area contributed by atoms with Crippen molar-refractivity contribution in [2.24, 2.45) is 11.3 Å². The summed E-state index contributed by atoms with van der Waals surface area (Å²) in [6.45, 7) is 10.1.